The predicted molar refractivity (Wildman–Crippen MR) is 75.2 cm³/mol. The lowest BCUT2D eigenvalue weighted by Crippen LogP contribution is -2.19. The van der Waals surface area contributed by atoms with Gasteiger partial charge in [-0.15, -0.1) is 0 Å². The van der Waals surface area contributed by atoms with E-state index < -0.39 is 42.6 Å². The van der Waals surface area contributed by atoms with Gasteiger partial charge in [0.2, 0.25) is 10.0 Å². The number of primary sulfonamides is 1. The highest BCUT2D eigenvalue weighted by molar-refractivity contribution is 9.10. The third-order valence-electron chi connectivity index (χ3n) is 2.55. The highest BCUT2D eigenvalue weighted by atomic mass is 79.9. The highest BCUT2D eigenvalue weighted by Crippen LogP contribution is 2.29. The Bertz CT molecular complexity index is 662. The zero-order valence-corrected chi connectivity index (χ0v) is 13.7. The number of sulfonamides is 1. The van der Waals surface area contributed by atoms with Gasteiger partial charge in [-0.2, -0.15) is 0 Å². The fourth-order valence-corrected chi connectivity index (χ4v) is 3.21. The van der Waals surface area contributed by atoms with Crippen LogP contribution in [0, 0.1) is 17.6 Å². The van der Waals surface area contributed by atoms with Crippen molar-refractivity contribution in [2.75, 3.05) is 6.61 Å². The second-order valence-corrected chi connectivity index (χ2v) is 7.07. The van der Waals surface area contributed by atoms with Crippen LogP contribution in [0.4, 0.5) is 8.78 Å². The van der Waals surface area contributed by atoms with Crippen LogP contribution in [0.3, 0.4) is 0 Å². The summed E-state index contributed by atoms with van der Waals surface area (Å²) in [5.41, 5.74) is -1.08. The molecule has 0 bridgehead atoms. The minimum absolute atomic E-state index is 0.0316. The lowest BCUT2D eigenvalue weighted by molar-refractivity contribution is 0.0476. The molecule has 0 aromatic heterocycles. The zero-order valence-electron chi connectivity index (χ0n) is 11.3. The van der Waals surface area contributed by atoms with E-state index in [4.69, 9.17) is 9.88 Å². The van der Waals surface area contributed by atoms with Crippen molar-refractivity contribution in [1.82, 2.24) is 0 Å². The van der Waals surface area contributed by atoms with Crippen LogP contribution >= 0.6 is 15.9 Å². The maximum Gasteiger partial charge on any atom is 0.344 e. The number of rotatable bonds is 5. The number of carbonyl (C=O) groups excluding carboxylic acids is 1. The summed E-state index contributed by atoms with van der Waals surface area (Å²) in [7, 11) is -4.47. The van der Waals surface area contributed by atoms with E-state index >= 15 is 0 Å². The van der Waals surface area contributed by atoms with E-state index in [1.165, 1.54) is 0 Å². The van der Waals surface area contributed by atoms with Crippen molar-refractivity contribution in [3.8, 4) is 0 Å². The van der Waals surface area contributed by atoms with Crippen LogP contribution in [0.5, 0.6) is 0 Å². The van der Waals surface area contributed by atoms with Crippen LogP contribution in [0.15, 0.2) is 15.4 Å². The molecule has 0 aliphatic rings. The third-order valence-corrected chi connectivity index (χ3v) is 4.40. The molecule has 0 radical (unpaired) electrons. The van der Waals surface area contributed by atoms with Crippen molar-refractivity contribution in [2.24, 2.45) is 11.1 Å². The Balaban J connectivity index is 3.22. The average Bonchev–Trinajstić information content (AvgIpc) is 2.24. The normalized spacial score (nSPS) is 11.8. The number of carbonyl (C=O) groups is 1. The van der Waals surface area contributed by atoms with Crippen molar-refractivity contribution in [3.05, 3.63) is 27.7 Å². The van der Waals surface area contributed by atoms with Crippen molar-refractivity contribution < 1.29 is 26.7 Å². The lowest BCUT2D eigenvalue weighted by atomic mass is 10.1. The van der Waals surface area contributed by atoms with Gasteiger partial charge < -0.3 is 4.74 Å². The monoisotopic (exact) mass is 385 g/mol. The van der Waals surface area contributed by atoms with Gasteiger partial charge in [-0.1, -0.05) is 13.8 Å². The molecule has 0 aliphatic carbocycles. The summed E-state index contributed by atoms with van der Waals surface area (Å²) in [5.74, 6) is -3.85. The molecule has 9 heteroatoms. The van der Waals surface area contributed by atoms with Gasteiger partial charge in [-0.25, -0.2) is 27.1 Å². The quantitative estimate of drug-likeness (QED) is 0.789. The number of benzene rings is 1. The largest absolute Gasteiger partial charge is 0.462 e. The molecule has 0 fully saturated rings. The molecular weight excluding hydrogens is 372 g/mol. The van der Waals surface area contributed by atoms with E-state index in [0.717, 1.165) is 0 Å². The molecule has 0 aliphatic heterocycles. The van der Waals surface area contributed by atoms with Crippen LogP contribution in [0.1, 0.15) is 30.6 Å². The summed E-state index contributed by atoms with van der Waals surface area (Å²) < 4.78 is 54.7. The van der Waals surface area contributed by atoms with Gasteiger partial charge in [0.15, 0.2) is 5.82 Å². The minimum atomic E-state index is -4.47. The standard InChI is InChI=1S/C12H14BrF2NO4S/c1-6(2)3-4-20-12(17)9-8(14)5-7(13)11(10(9)15)21(16,18)19/h5-6H,3-4H2,1-2H3,(H2,16,18,19). The molecule has 0 atom stereocenters. The maximum atomic E-state index is 14.1. The van der Waals surface area contributed by atoms with Gasteiger partial charge in [0, 0.05) is 4.47 Å². The topological polar surface area (TPSA) is 86.5 Å². The van der Waals surface area contributed by atoms with Crippen LogP contribution in [0.2, 0.25) is 0 Å². The van der Waals surface area contributed by atoms with Gasteiger partial charge in [0.05, 0.1) is 6.61 Å². The molecule has 0 saturated carbocycles. The highest BCUT2D eigenvalue weighted by Gasteiger charge is 2.29. The van der Waals surface area contributed by atoms with E-state index in [9.17, 15) is 22.0 Å². The number of halogens is 3. The second-order valence-electron chi connectivity index (χ2n) is 4.72. The summed E-state index contributed by atoms with van der Waals surface area (Å²) in [6.45, 7) is 3.73. The van der Waals surface area contributed by atoms with Crippen molar-refractivity contribution in [1.29, 1.82) is 0 Å². The summed E-state index contributed by atoms with van der Waals surface area (Å²) in [6, 6.07) is 0.655. The summed E-state index contributed by atoms with van der Waals surface area (Å²) in [4.78, 5) is 10.7. The number of hydrogen-bond acceptors (Lipinski definition) is 4. The summed E-state index contributed by atoms with van der Waals surface area (Å²) in [6.07, 6.45) is 0.507. The van der Waals surface area contributed by atoms with Gasteiger partial charge in [-0.3, -0.25) is 0 Å². The second kappa shape index (κ2) is 6.80. The SMILES string of the molecule is CC(C)CCOC(=O)c1c(F)cc(Br)c(S(N)(=O)=O)c1F. The molecule has 5 nitrogen and oxygen atoms in total. The minimum Gasteiger partial charge on any atom is -0.462 e. The predicted octanol–water partition coefficient (Wildman–Crippen LogP) is 2.58. The van der Waals surface area contributed by atoms with Gasteiger partial charge >= 0.3 is 5.97 Å². The fourth-order valence-electron chi connectivity index (χ4n) is 1.48. The van der Waals surface area contributed by atoms with E-state index in [1.54, 1.807) is 0 Å². The summed E-state index contributed by atoms with van der Waals surface area (Å²) >= 11 is 2.70. The number of esters is 1. The van der Waals surface area contributed by atoms with Crippen LogP contribution < -0.4 is 5.14 Å². The molecule has 1 aromatic rings. The number of ether oxygens (including phenoxy) is 1. The Morgan fingerprint density at radius 1 is 1.43 bits per heavy atom. The molecule has 1 rings (SSSR count). The van der Waals surface area contributed by atoms with E-state index in [1.807, 2.05) is 13.8 Å². The van der Waals surface area contributed by atoms with E-state index in [-0.39, 0.29) is 12.5 Å². The van der Waals surface area contributed by atoms with Crippen molar-refractivity contribution in [3.63, 3.8) is 0 Å². The number of nitrogens with two attached hydrogens (primary N) is 1. The molecule has 0 spiro atoms. The maximum absolute atomic E-state index is 14.1. The Labute approximate surface area is 129 Å². The zero-order chi connectivity index (χ0) is 16.4. The van der Waals surface area contributed by atoms with Crippen LogP contribution in [-0.2, 0) is 14.8 Å². The molecular formula is C12H14BrF2NO4S. The van der Waals surface area contributed by atoms with Crippen molar-refractivity contribution >= 4 is 31.9 Å². The molecule has 0 unspecified atom stereocenters. The first-order chi connectivity index (χ1) is 9.55. The Hall–Kier alpha value is -1.06. The van der Waals surface area contributed by atoms with Gasteiger partial charge in [-0.05, 0) is 34.3 Å². The Morgan fingerprint density at radius 3 is 2.48 bits per heavy atom. The third kappa shape index (κ3) is 4.45. The molecule has 21 heavy (non-hydrogen) atoms. The average molecular weight is 386 g/mol. The molecule has 0 saturated heterocycles. The fraction of sp³-hybridized carbons (Fsp3) is 0.417. The lowest BCUT2D eigenvalue weighted by Gasteiger charge is -2.11. The van der Waals surface area contributed by atoms with E-state index in [0.29, 0.717) is 12.5 Å². The first kappa shape index (κ1) is 18.0. The van der Waals surface area contributed by atoms with Gasteiger partial charge in [0.25, 0.3) is 0 Å². The molecule has 2 N–H and O–H groups in total. The summed E-state index contributed by atoms with van der Waals surface area (Å²) in [5, 5.41) is 4.85. The van der Waals surface area contributed by atoms with E-state index in [2.05, 4.69) is 15.9 Å². The Kier molecular flexibility index (Phi) is 5.83. The van der Waals surface area contributed by atoms with Crippen molar-refractivity contribution in [2.45, 2.75) is 25.2 Å². The smallest absolute Gasteiger partial charge is 0.344 e. The number of hydrogen-bond donors (Lipinski definition) is 1. The van der Waals surface area contributed by atoms with Gasteiger partial charge in [0.1, 0.15) is 16.3 Å². The first-order valence-electron chi connectivity index (χ1n) is 5.93. The first-order valence-corrected chi connectivity index (χ1v) is 8.27. The molecule has 118 valence electrons. The molecule has 0 amide bonds. The molecule has 1 aromatic carbocycles. The van der Waals surface area contributed by atoms with Crippen LogP contribution in [-0.4, -0.2) is 21.0 Å². The molecule has 0 heterocycles. The Morgan fingerprint density at radius 2 is 2.00 bits per heavy atom. The van der Waals surface area contributed by atoms with Crippen LogP contribution in [0.25, 0.3) is 0 Å².